The fourth-order valence-corrected chi connectivity index (χ4v) is 3.11. The van der Waals surface area contributed by atoms with Crippen molar-refractivity contribution in [1.29, 1.82) is 0 Å². The zero-order valence-corrected chi connectivity index (χ0v) is 7.33. The summed E-state index contributed by atoms with van der Waals surface area (Å²) in [5.41, 5.74) is 5.17. The van der Waals surface area contributed by atoms with Gasteiger partial charge in [-0.25, -0.2) is 0 Å². The van der Waals surface area contributed by atoms with Gasteiger partial charge in [0.1, 0.15) is 6.04 Å². The van der Waals surface area contributed by atoms with E-state index in [1.807, 2.05) is 0 Å². The third-order valence-electron chi connectivity index (χ3n) is 1.64. The normalized spacial score (nSPS) is 33.6. The molecule has 0 aromatic carbocycles. The van der Waals surface area contributed by atoms with E-state index in [9.17, 15) is 4.79 Å². The summed E-state index contributed by atoms with van der Waals surface area (Å²) < 4.78 is 5.03. The second-order valence-corrected chi connectivity index (χ2v) is 5.21. The van der Waals surface area contributed by atoms with E-state index < -0.39 is 0 Å². The maximum Gasteiger partial charge on any atom is 0.239 e. The van der Waals surface area contributed by atoms with E-state index in [1.54, 1.807) is 21.6 Å². The van der Waals surface area contributed by atoms with Crippen molar-refractivity contribution in [2.75, 3.05) is 13.2 Å². The molecule has 2 aliphatic heterocycles. The van der Waals surface area contributed by atoms with Crippen molar-refractivity contribution < 1.29 is 9.53 Å². The molecule has 1 amide bonds. The van der Waals surface area contributed by atoms with E-state index in [-0.39, 0.29) is 16.2 Å². The Hall–Kier alpha value is 0.0900. The largest absolute Gasteiger partial charge is 0.368 e. The highest BCUT2D eigenvalue weighted by Gasteiger charge is 2.58. The van der Waals surface area contributed by atoms with Gasteiger partial charge in [-0.05, 0) is 21.6 Å². The molecule has 0 saturated carbocycles. The fraction of sp³-hybridized carbons (Fsp3) is 0.800. The van der Waals surface area contributed by atoms with Crippen LogP contribution in [0.1, 0.15) is 0 Å². The lowest BCUT2D eigenvalue weighted by Crippen LogP contribution is -2.55. The van der Waals surface area contributed by atoms with E-state index in [2.05, 4.69) is 5.32 Å². The molecule has 0 aromatic heterocycles. The summed E-state index contributed by atoms with van der Waals surface area (Å²) in [4.78, 5) is 10.9. The van der Waals surface area contributed by atoms with Crippen molar-refractivity contribution in [2.24, 2.45) is 5.73 Å². The molecule has 2 heterocycles. The molecule has 0 bridgehead atoms. The molecule has 0 aromatic rings. The van der Waals surface area contributed by atoms with Crippen molar-refractivity contribution in [2.45, 2.75) is 10.3 Å². The van der Waals surface area contributed by atoms with Gasteiger partial charge < -0.3 is 10.5 Å². The van der Waals surface area contributed by atoms with E-state index >= 15 is 0 Å². The van der Waals surface area contributed by atoms with Gasteiger partial charge in [-0.15, -0.1) is 0 Å². The zero-order valence-electron chi connectivity index (χ0n) is 5.70. The third-order valence-corrected chi connectivity index (χ3v) is 4.33. The number of carbonyl (C=O) groups excluding carboxylic acids is 1. The van der Waals surface area contributed by atoms with Crippen molar-refractivity contribution in [3.8, 4) is 0 Å². The van der Waals surface area contributed by atoms with Gasteiger partial charge in [-0.1, -0.05) is 0 Å². The highest BCUT2D eigenvalue weighted by molar-refractivity contribution is 8.93. The number of hydrogen-bond donors (Lipinski definition) is 2. The molecule has 62 valence electrons. The van der Waals surface area contributed by atoms with Crippen LogP contribution in [-0.4, -0.2) is 29.4 Å². The Morgan fingerprint density at radius 3 is 2.91 bits per heavy atom. The molecular weight excluding hydrogens is 184 g/mol. The lowest BCUT2D eigenvalue weighted by molar-refractivity contribution is -0.124. The second kappa shape index (κ2) is 2.55. The van der Waals surface area contributed by atoms with Gasteiger partial charge in [0.2, 0.25) is 10.2 Å². The Balaban J connectivity index is 2.10. The van der Waals surface area contributed by atoms with Gasteiger partial charge in [0.25, 0.3) is 0 Å². The van der Waals surface area contributed by atoms with Gasteiger partial charge in [0.15, 0.2) is 0 Å². The summed E-state index contributed by atoms with van der Waals surface area (Å²) in [6, 6.07) is -0.328. The van der Waals surface area contributed by atoms with Crippen LogP contribution >= 0.6 is 21.6 Å². The quantitative estimate of drug-likeness (QED) is 0.433. The lowest BCUT2D eigenvalue weighted by Gasteiger charge is -2.27. The van der Waals surface area contributed by atoms with Gasteiger partial charge in [-0.3, -0.25) is 10.1 Å². The summed E-state index contributed by atoms with van der Waals surface area (Å²) >= 11 is 0. The predicted octanol–water partition coefficient (Wildman–Crippen LogP) is -0.491. The summed E-state index contributed by atoms with van der Waals surface area (Å²) in [7, 11) is 3.12. The topological polar surface area (TPSA) is 64.4 Å². The maximum atomic E-state index is 10.9. The molecule has 3 N–H and O–H groups in total. The van der Waals surface area contributed by atoms with Crippen LogP contribution in [0.15, 0.2) is 0 Å². The first-order valence-electron chi connectivity index (χ1n) is 3.28. The van der Waals surface area contributed by atoms with Crippen molar-refractivity contribution >= 4 is 27.5 Å². The number of nitrogens with one attached hydrogen (secondary N) is 1. The molecule has 1 spiro atoms. The second-order valence-electron chi connectivity index (χ2n) is 2.41. The molecule has 6 heteroatoms. The van der Waals surface area contributed by atoms with Crippen LogP contribution in [0.5, 0.6) is 0 Å². The van der Waals surface area contributed by atoms with Crippen LogP contribution in [-0.2, 0) is 9.53 Å². The minimum Gasteiger partial charge on any atom is -0.368 e. The zero-order chi connectivity index (χ0) is 7.90. The Morgan fingerprint density at radius 1 is 1.73 bits per heavy atom. The van der Waals surface area contributed by atoms with E-state index in [0.717, 1.165) is 0 Å². The number of carbonyl (C=O) groups is 1. The van der Waals surface area contributed by atoms with Crippen molar-refractivity contribution in [3.63, 3.8) is 0 Å². The SMILES string of the molecule is NC(=O)C1NCCOC12SS2. The summed E-state index contributed by atoms with van der Waals surface area (Å²) in [5.74, 6) is -0.331. The molecule has 0 radical (unpaired) electrons. The molecule has 2 aliphatic rings. The standard InChI is InChI=1S/C5H8N2O2S2/c6-4(8)3-5(10-11-5)9-2-1-7-3/h3,7H,1-2H2,(H2,6,8). The molecule has 1 atom stereocenters. The monoisotopic (exact) mass is 192 g/mol. The smallest absolute Gasteiger partial charge is 0.239 e. The Bertz CT molecular complexity index is 195. The highest BCUT2D eigenvalue weighted by Crippen LogP contribution is 2.67. The number of ether oxygens (including phenoxy) is 1. The maximum absolute atomic E-state index is 10.9. The molecule has 11 heavy (non-hydrogen) atoms. The van der Waals surface area contributed by atoms with Crippen molar-refractivity contribution in [3.05, 3.63) is 0 Å². The first-order chi connectivity index (χ1) is 5.25. The highest BCUT2D eigenvalue weighted by atomic mass is 33.2. The minimum atomic E-state index is -0.385. The van der Waals surface area contributed by atoms with Gasteiger partial charge in [0.05, 0.1) is 6.61 Å². The molecular formula is C5H8N2O2S2. The Morgan fingerprint density at radius 2 is 2.45 bits per heavy atom. The molecule has 0 aliphatic carbocycles. The third kappa shape index (κ3) is 1.24. The van der Waals surface area contributed by atoms with E-state index in [4.69, 9.17) is 10.5 Å². The van der Waals surface area contributed by atoms with E-state index in [1.165, 1.54) is 0 Å². The predicted molar refractivity (Wildman–Crippen MR) is 44.9 cm³/mol. The van der Waals surface area contributed by atoms with Crippen LogP contribution in [0.2, 0.25) is 0 Å². The Labute approximate surface area is 72.0 Å². The molecule has 2 saturated heterocycles. The molecule has 1 unspecified atom stereocenters. The van der Waals surface area contributed by atoms with Crippen LogP contribution in [0.3, 0.4) is 0 Å². The van der Waals surface area contributed by atoms with Gasteiger partial charge >= 0.3 is 0 Å². The van der Waals surface area contributed by atoms with Crippen LogP contribution in [0.25, 0.3) is 0 Å². The lowest BCUT2D eigenvalue weighted by atomic mass is 10.2. The number of amides is 1. The fourth-order valence-electron chi connectivity index (χ4n) is 1.07. The summed E-state index contributed by atoms with van der Waals surface area (Å²) in [6.45, 7) is 1.36. The van der Waals surface area contributed by atoms with Gasteiger partial charge in [0, 0.05) is 6.54 Å². The number of hydrogen-bond acceptors (Lipinski definition) is 5. The first kappa shape index (κ1) is 7.72. The minimum absolute atomic E-state index is 0.328. The first-order valence-corrected chi connectivity index (χ1v) is 5.43. The van der Waals surface area contributed by atoms with Crippen LogP contribution in [0, 0.1) is 0 Å². The van der Waals surface area contributed by atoms with Crippen molar-refractivity contribution in [1.82, 2.24) is 5.32 Å². The van der Waals surface area contributed by atoms with Crippen LogP contribution in [0.4, 0.5) is 0 Å². The molecule has 4 nitrogen and oxygen atoms in total. The Kier molecular flexibility index (Phi) is 1.79. The molecule has 2 fully saturated rings. The summed E-state index contributed by atoms with van der Waals surface area (Å²) in [5, 5.41) is 3.03. The number of rotatable bonds is 1. The summed E-state index contributed by atoms with van der Waals surface area (Å²) in [6.07, 6.45) is 0. The number of primary amides is 1. The average Bonchev–Trinajstić information content (AvgIpc) is 2.70. The van der Waals surface area contributed by atoms with Crippen LogP contribution < -0.4 is 11.1 Å². The number of nitrogens with two attached hydrogens (primary N) is 1. The number of morpholine rings is 1. The molecule has 2 rings (SSSR count). The average molecular weight is 192 g/mol. The van der Waals surface area contributed by atoms with Gasteiger partial charge in [-0.2, -0.15) is 0 Å². The van der Waals surface area contributed by atoms with E-state index in [0.29, 0.717) is 13.2 Å².